The molecule has 1 aliphatic heterocycles. The average Bonchev–Trinajstić information content (AvgIpc) is 3.29. The van der Waals surface area contributed by atoms with Crippen LogP contribution in [0.5, 0.6) is 0 Å². The first-order valence-corrected chi connectivity index (χ1v) is 9.43. The zero-order valence-electron chi connectivity index (χ0n) is 13.8. The van der Waals surface area contributed by atoms with Crippen LogP contribution >= 0.6 is 11.3 Å². The number of thiophene rings is 1. The van der Waals surface area contributed by atoms with E-state index in [1.54, 1.807) is 23.6 Å². The number of aromatic nitrogens is 2. The second-order valence-corrected chi connectivity index (χ2v) is 7.12. The van der Waals surface area contributed by atoms with Gasteiger partial charge in [0.2, 0.25) is 0 Å². The average molecular weight is 353 g/mol. The first-order valence-electron chi connectivity index (χ1n) is 8.55. The smallest absolute Gasteiger partial charge is 0.273 e. The number of hydrogen-bond acceptors (Lipinski definition) is 5. The van der Waals surface area contributed by atoms with Crippen molar-refractivity contribution in [1.82, 2.24) is 15.0 Å². The molecule has 0 spiro atoms. The molecule has 0 aromatic carbocycles. The summed E-state index contributed by atoms with van der Waals surface area (Å²) in [6, 6.07) is 11.4. The summed E-state index contributed by atoms with van der Waals surface area (Å²) < 4.78 is 5.54. The Morgan fingerprint density at radius 2 is 2.16 bits per heavy atom. The fraction of sp³-hybridized carbons (Fsp3) is 0.316. The van der Waals surface area contributed by atoms with Crippen LogP contribution in [0.15, 0.2) is 52.5 Å². The maximum absolute atomic E-state index is 13.0. The highest BCUT2D eigenvalue weighted by molar-refractivity contribution is 7.13. The van der Waals surface area contributed by atoms with Crippen molar-refractivity contribution in [2.45, 2.75) is 31.7 Å². The van der Waals surface area contributed by atoms with Crippen molar-refractivity contribution >= 4 is 17.2 Å². The molecule has 6 heteroatoms. The van der Waals surface area contributed by atoms with Gasteiger partial charge in [0.1, 0.15) is 11.4 Å². The third-order valence-electron chi connectivity index (χ3n) is 4.53. The Morgan fingerprint density at radius 1 is 1.20 bits per heavy atom. The number of nitrogens with zero attached hydrogens (tertiary/aromatic N) is 3. The maximum atomic E-state index is 13.0. The largest absolute Gasteiger partial charge is 0.355 e. The van der Waals surface area contributed by atoms with Gasteiger partial charge in [-0.05, 0) is 36.4 Å². The molecule has 0 N–H and O–H groups in total. The van der Waals surface area contributed by atoms with Crippen molar-refractivity contribution in [3.05, 3.63) is 59.4 Å². The Hall–Kier alpha value is -2.47. The van der Waals surface area contributed by atoms with E-state index in [9.17, 15) is 4.79 Å². The fourth-order valence-electron chi connectivity index (χ4n) is 3.28. The molecular formula is C19H19N3O2S. The van der Waals surface area contributed by atoms with Crippen LogP contribution < -0.4 is 0 Å². The lowest BCUT2D eigenvalue weighted by Gasteiger charge is -2.28. The summed E-state index contributed by atoms with van der Waals surface area (Å²) in [5.74, 6) is 0.729. The first kappa shape index (κ1) is 16.0. The van der Waals surface area contributed by atoms with E-state index in [1.807, 2.05) is 40.6 Å². The van der Waals surface area contributed by atoms with Crippen LogP contribution in [-0.2, 0) is 0 Å². The van der Waals surface area contributed by atoms with E-state index in [2.05, 4.69) is 10.1 Å². The van der Waals surface area contributed by atoms with E-state index >= 15 is 0 Å². The number of rotatable bonds is 3. The van der Waals surface area contributed by atoms with Gasteiger partial charge in [0.25, 0.3) is 5.91 Å². The molecule has 1 saturated heterocycles. The van der Waals surface area contributed by atoms with Gasteiger partial charge in [0.15, 0.2) is 5.76 Å². The van der Waals surface area contributed by atoms with E-state index in [1.165, 1.54) is 0 Å². The van der Waals surface area contributed by atoms with Gasteiger partial charge in [-0.25, -0.2) is 0 Å². The number of carbonyl (C=O) groups excluding carboxylic acids is 1. The quantitative estimate of drug-likeness (QED) is 0.693. The maximum Gasteiger partial charge on any atom is 0.273 e. The van der Waals surface area contributed by atoms with Gasteiger partial charge in [-0.15, -0.1) is 11.3 Å². The molecule has 1 fully saturated rings. The van der Waals surface area contributed by atoms with Crippen LogP contribution in [0.3, 0.4) is 0 Å². The Morgan fingerprint density at radius 3 is 2.96 bits per heavy atom. The minimum Gasteiger partial charge on any atom is -0.355 e. The predicted octanol–water partition coefficient (Wildman–Crippen LogP) is 4.56. The molecule has 0 radical (unpaired) electrons. The molecule has 4 rings (SSSR count). The number of carbonyl (C=O) groups is 1. The minimum absolute atomic E-state index is 0.0341. The highest BCUT2D eigenvalue weighted by Gasteiger charge is 2.30. The van der Waals surface area contributed by atoms with Gasteiger partial charge in [0, 0.05) is 18.8 Å². The molecule has 3 aromatic heterocycles. The molecule has 1 aliphatic rings. The third kappa shape index (κ3) is 3.35. The van der Waals surface area contributed by atoms with Crippen molar-refractivity contribution in [3.8, 4) is 10.6 Å². The van der Waals surface area contributed by atoms with Gasteiger partial charge in [-0.3, -0.25) is 9.78 Å². The molecular weight excluding hydrogens is 334 g/mol. The molecule has 128 valence electrons. The monoisotopic (exact) mass is 353 g/mol. The summed E-state index contributed by atoms with van der Waals surface area (Å²) in [6.07, 6.45) is 5.76. The van der Waals surface area contributed by atoms with Crippen molar-refractivity contribution in [2.24, 2.45) is 0 Å². The van der Waals surface area contributed by atoms with Crippen molar-refractivity contribution in [2.75, 3.05) is 6.54 Å². The van der Waals surface area contributed by atoms with E-state index < -0.39 is 0 Å². The fourth-order valence-corrected chi connectivity index (χ4v) is 3.95. The summed E-state index contributed by atoms with van der Waals surface area (Å²) in [6.45, 7) is 0.723. The standard InChI is InChI=1S/C19H19N3O2S/c23-19(14-7-3-4-10-20-14)22-11-5-1-2-8-16(22)15-13-17(24-21-15)18-9-6-12-25-18/h3-4,6-7,9-10,12-13,16H,1-2,5,8,11H2/t16-/m0/s1. The molecule has 1 amide bonds. The lowest BCUT2D eigenvalue weighted by molar-refractivity contribution is 0.0668. The molecule has 1 atom stereocenters. The summed E-state index contributed by atoms with van der Waals surface area (Å²) in [5.41, 5.74) is 1.31. The van der Waals surface area contributed by atoms with E-state index in [-0.39, 0.29) is 11.9 Å². The minimum atomic E-state index is -0.0607. The van der Waals surface area contributed by atoms with Gasteiger partial charge in [-0.2, -0.15) is 0 Å². The van der Waals surface area contributed by atoms with Crippen molar-refractivity contribution in [3.63, 3.8) is 0 Å². The number of likely N-dealkylation sites (tertiary alicyclic amines) is 1. The van der Waals surface area contributed by atoms with E-state index in [0.29, 0.717) is 5.69 Å². The Bertz CT molecular complexity index is 829. The molecule has 0 unspecified atom stereocenters. The lowest BCUT2D eigenvalue weighted by atomic mass is 10.1. The topological polar surface area (TPSA) is 59.2 Å². The molecule has 0 aliphatic carbocycles. The molecule has 4 heterocycles. The molecule has 3 aromatic rings. The zero-order valence-corrected chi connectivity index (χ0v) is 14.6. The van der Waals surface area contributed by atoms with Crippen LogP contribution in [0.4, 0.5) is 0 Å². The predicted molar refractivity (Wildman–Crippen MR) is 96.3 cm³/mol. The second kappa shape index (κ2) is 7.19. The van der Waals surface area contributed by atoms with Crippen LogP contribution in [0.25, 0.3) is 10.6 Å². The van der Waals surface area contributed by atoms with Crippen molar-refractivity contribution < 1.29 is 9.32 Å². The molecule has 25 heavy (non-hydrogen) atoms. The van der Waals surface area contributed by atoms with Crippen LogP contribution in [0.2, 0.25) is 0 Å². The summed E-state index contributed by atoms with van der Waals surface area (Å²) >= 11 is 1.62. The highest BCUT2D eigenvalue weighted by Crippen LogP contribution is 2.33. The van der Waals surface area contributed by atoms with Crippen LogP contribution in [0, 0.1) is 0 Å². The molecule has 5 nitrogen and oxygen atoms in total. The third-order valence-corrected chi connectivity index (χ3v) is 5.42. The Labute approximate surface area is 150 Å². The van der Waals surface area contributed by atoms with E-state index in [0.717, 1.165) is 48.6 Å². The van der Waals surface area contributed by atoms with Gasteiger partial charge < -0.3 is 9.42 Å². The number of pyridine rings is 1. The van der Waals surface area contributed by atoms with Crippen molar-refractivity contribution in [1.29, 1.82) is 0 Å². The molecule has 0 saturated carbocycles. The SMILES string of the molecule is O=C(c1ccccn1)N1CCCCC[C@H]1c1cc(-c2cccs2)on1. The lowest BCUT2D eigenvalue weighted by Crippen LogP contribution is -2.35. The normalized spacial score (nSPS) is 18.1. The van der Waals surface area contributed by atoms with Crippen LogP contribution in [0.1, 0.15) is 47.9 Å². The van der Waals surface area contributed by atoms with Crippen LogP contribution in [-0.4, -0.2) is 27.5 Å². The summed E-state index contributed by atoms with van der Waals surface area (Å²) in [4.78, 5) is 20.2. The second-order valence-electron chi connectivity index (χ2n) is 6.17. The highest BCUT2D eigenvalue weighted by atomic mass is 32.1. The van der Waals surface area contributed by atoms with Gasteiger partial charge >= 0.3 is 0 Å². The number of amides is 1. The Kier molecular flexibility index (Phi) is 4.61. The summed E-state index contributed by atoms with van der Waals surface area (Å²) in [5, 5.41) is 6.30. The first-order chi connectivity index (χ1) is 12.3. The summed E-state index contributed by atoms with van der Waals surface area (Å²) in [7, 11) is 0. The van der Waals surface area contributed by atoms with Gasteiger partial charge in [-0.1, -0.05) is 30.1 Å². The zero-order chi connectivity index (χ0) is 17.1. The number of hydrogen-bond donors (Lipinski definition) is 0. The van der Waals surface area contributed by atoms with E-state index in [4.69, 9.17) is 4.52 Å². The Balaban J connectivity index is 1.64. The molecule has 0 bridgehead atoms. The van der Waals surface area contributed by atoms with Gasteiger partial charge in [0.05, 0.1) is 10.9 Å².